The van der Waals surface area contributed by atoms with Crippen molar-refractivity contribution in [1.29, 1.82) is 0 Å². The quantitative estimate of drug-likeness (QED) is 0.109. The molecule has 0 spiro atoms. The number of carbonyl (C=O) groups excluding carboxylic acids is 1. The zero-order valence-electron chi connectivity index (χ0n) is 23.5. The highest BCUT2D eigenvalue weighted by Gasteiger charge is 2.25. The van der Waals surface area contributed by atoms with Crippen LogP contribution in [0, 0.1) is 23.3 Å². The number of carbonyl (C=O) groups is 2. The number of carboxylic acid groups (broad SMARTS) is 1. The Bertz CT molecular complexity index is 1700. The second-order valence-electron chi connectivity index (χ2n) is 9.82. The molecule has 4 aromatic carbocycles. The summed E-state index contributed by atoms with van der Waals surface area (Å²) in [5.41, 5.74) is 6.95. The molecule has 0 aliphatic carbocycles. The molecule has 1 amide bonds. The van der Waals surface area contributed by atoms with E-state index in [2.05, 4.69) is 5.32 Å². The zero-order chi connectivity index (χ0) is 32.7. The predicted octanol–water partition coefficient (Wildman–Crippen LogP) is 7.69. The van der Waals surface area contributed by atoms with Gasteiger partial charge in [-0.2, -0.15) is 0 Å². The van der Waals surface area contributed by atoms with Crippen molar-refractivity contribution in [2.45, 2.75) is 47.3 Å². The second-order valence-corrected chi connectivity index (χ2v) is 9.82. The standard InChI is InChI=1S/C16H13F2NO3.C10H10O4.C6H5F2N.3CH4/c17-12-5-4-9(8-13(12)18)19-16(21)11-3-1-2-10-14(20)6-7-22-15(10)11;11-8-4-5-14-9-6(8)2-1-3-7(9)10(12)13;7-5-2-1-4(9)3-6(5)8;;;/h1-5,8,14,20H,6-7H2,(H,19,21);1-3,8,11H,4-5H2,(H,12,13);1-3H,9H2;3*1H4. The van der Waals surface area contributed by atoms with Crippen LogP contribution < -0.4 is 20.5 Å². The Morgan fingerprint density at radius 2 is 1.17 bits per heavy atom. The number of nitrogens with two attached hydrogens (primary N) is 1. The number of para-hydroxylation sites is 2. The molecule has 2 unspecified atom stereocenters. The minimum Gasteiger partial charge on any atom is -0.492 e. The summed E-state index contributed by atoms with van der Waals surface area (Å²) in [6, 6.07) is 16.0. The van der Waals surface area contributed by atoms with Crippen LogP contribution in [0.15, 0.2) is 72.8 Å². The van der Waals surface area contributed by atoms with E-state index in [4.69, 9.17) is 20.3 Å². The van der Waals surface area contributed by atoms with E-state index >= 15 is 0 Å². The molecule has 2 aliphatic rings. The van der Waals surface area contributed by atoms with Gasteiger partial charge in [-0.3, -0.25) is 4.79 Å². The normalized spacial score (nSPS) is 15.1. The van der Waals surface area contributed by atoms with E-state index in [9.17, 15) is 37.4 Å². The number of aliphatic hydroxyl groups excluding tert-OH is 2. The van der Waals surface area contributed by atoms with Crippen molar-refractivity contribution < 1.29 is 51.9 Å². The number of rotatable bonds is 3. The van der Waals surface area contributed by atoms with E-state index < -0.39 is 47.4 Å². The van der Waals surface area contributed by atoms with Crippen molar-refractivity contribution in [2.75, 3.05) is 24.3 Å². The maximum Gasteiger partial charge on any atom is 0.339 e. The highest BCUT2D eigenvalue weighted by molar-refractivity contribution is 6.06. The summed E-state index contributed by atoms with van der Waals surface area (Å²) in [5, 5.41) is 30.9. The van der Waals surface area contributed by atoms with Crippen molar-refractivity contribution in [1.82, 2.24) is 0 Å². The third kappa shape index (κ3) is 9.93. The van der Waals surface area contributed by atoms with Crippen molar-refractivity contribution >= 4 is 23.3 Å². The van der Waals surface area contributed by atoms with Gasteiger partial charge in [-0.05, 0) is 42.5 Å². The number of hydrogen-bond acceptors (Lipinski definition) is 7. The molecule has 2 heterocycles. The Balaban J connectivity index is 0.000000383. The van der Waals surface area contributed by atoms with Crippen LogP contribution in [0.3, 0.4) is 0 Å². The summed E-state index contributed by atoms with van der Waals surface area (Å²) in [4.78, 5) is 23.1. The molecule has 0 fully saturated rings. The number of nitrogens with one attached hydrogen (secondary N) is 1. The van der Waals surface area contributed by atoms with Gasteiger partial charge in [0.2, 0.25) is 0 Å². The molecule has 9 nitrogen and oxygen atoms in total. The SMILES string of the molecule is C.C.C.Nc1ccc(F)c(F)c1.O=C(Nc1ccc(F)c(F)c1)c1cccc2c1OCCC2O.O=C(O)c1cccc2c1OCCC2O. The molecule has 0 radical (unpaired) electrons. The minimum absolute atomic E-state index is 0. The van der Waals surface area contributed by atoms with Gasteiger partial charge in [-0.1, -0.05) is 46.5 Å². The van der Waals surface area contributed by atoms with Crippen LogP contribution in [0.2, 0.25) is 0 Å². The van der Waals surface area contributed by atoms with E-state index in [-0.39, 0.29) is 44.8 Å². The van der Waals surface area contributed by atoms with Crippen molar-refractivity contribution in [2.24, 2.45) is 0 Å². The number of aromatic carboxylic acids is 1. The van der Waals surface area contributed by atoms with Gasteiger partial charge in [0.15, 0.2) is 23.3 Å². The fraction of sp³-hybridized carbons (Fsp3) is 0.257. The average Bonchev–Trinajstić information content (AvgIpc) is 3.01. The average molecular weight is 677 g/mol. The van der Waals surface area contributed by atoms with Crippen molar-refractivity contribution in [3.05, 3.63) is 118 Å². The Hall–Kier alpha value is -5.14. The lowest BCUT2D eigenvalue weighted by molar-refractivity contribution is 0.0683. The molecule has 0 saturated carbocycles. The van der Waals surface area contributed by atoms with E-state index in [1.807, 2.05) is 0 Å². The van der Waals surface area contributed by atoms with E-state index in [1.54, 1.807) is 30.3 Å². The highest BCUT2D eigenvalue weighted by Crippen LogP contribution is 2.36. The van der Waals surface area contributed by atoms with Crippen LogP contribution in [0.5, 0.6) is 11.5 Å². The van der Waals surface area contributed by atoms with E-state index in [0.717, 1.165) is 24.3 Å². The first kappa shape index (κ1) is 40.9. The van der Waals surface area contributed by atoms with Crippen LogP contribution in [0.4, 0.5) is 28.9 Å². The van der Waals surface area contributed by atoms with Gasteiger partial charge in [0.05, 0.1) is 31.0 Å². The molecule has 6 rings (SSSR count). The molecule has 4 aromatic rings. The minimum atomic E-state index is -1.04. The predicted molar refractivity (Wildman–Crippen MR) is 175 cm³/mol. The number of aliphatic hydroxyl groups is 2. The Morgan fingerprint density at radius 1 is 0.688 bits per heavy atom. The number of nitrogen functional groups attached to an aromatic ring is 1. The molecule has 2 atom stereocenters. The maximum absolute atomic E-state index is 13.2. The number of carboxylic acids is 1. The molecular formula is C35H40F4N2O7. The van der Waals surface area contributed by atoms with Crippen molar-refractivity contribution in [3.8, 4) is 11.5 Å². The molecular weight excluding hydrogens is 636 g/mol. The van der Waals surface area contributed by atoms with Gasteiger partial charge >= 0.3 is 5.97 Å². The van der Waals surface area contributed by atoms with Crippen LogP contribution in [-0.2, 0) is 0 Å². The molecule has 0 bridgehead atoms. The largest absolute Gasteiger partial charge is 0.492 e. The van der Waals surface area contributed by atoms with Crippen LogP contribution in [0.1, 0.15) is 79.2 Å². The Labute approximate surface area is 276 Å². The van der Waals surface area contributed by atoms with Crippen LogP contribution in [0.25, 0.3) is 0 Å². The zero-order valence-corrected chi connectivity index (χ0v) is 23.5. The number of hydrogen-bond donors (Lipinski definition) is 5. The summed E-state index contributed by atoms with van der Waals surface area (Å²) in [6.07, 6.45) is -0.324. The molecule has 13 heteroatoms. The van der Waals surface area contributed by atoms with Gasteiger partial charge in [0.1, 0.15) is 17.1 Å². The molecule has 0 aromatic heterocycles. The number of halogens is 4. The first-order valence-corrected chi connectivity index (χ1v) is 13.5. The smallest absolute Gasteiger partial charge is 0.339 e. The van der Waals surface area contributed by atoms with Gasteiger partial charge < -0.3 is 35.8 Å². The summed E-state index contributed by atoms with van der Waals surface area (Å²) in [7, 11) is 0. The maximum atomic E-state index is 13.2. The van der Waals surface area contributed by atoms with Gasteiger partial charge in [-0.15, -0.1) is 0 Å². The lowest BCUT2D eigenvalue weighted by Crippen LogP contribution is -2.19. The van der Waals surface area contributed by atoms with Crippen molar-refractivity contribution in [3.63, 3.8) is 0 Å². The summed E-state index contributed by atoms with van der Waals surface area (Å²) in [5.74, 6) is -4.73. The fourth-order valence-corrected chi connectivity index (χ4v) is 4.44. The number of ether oxygens (including phenoxy) is 2. The fourth-order valence-electron chi connectivity index (χ4n) is 4.44. The number of benzene rings is 4. The molecule has 0 saturated heterocycles. The lowest BCUT2D eigenvalue weighted by Gasteiger charge is -2.24. The van der Waals surface area contributed by atoms with Crippen LogP contribution >= 0.6 is 0 Å². The van der Waals surface area contributed by atoms with Gasteiger partial charge in [0.25, 0.3) is 5.91 Å². The third-order valence-electron chi connectivity index (χ3n) is 6.68. The first-order valence-electron chi connectivity index (χ1n) is 13.5. The molecule has 2 aliphatic heterocycles. The number of amides is 1. The molecule has 48 heavy (non-hydrogen) atoms. The van der Waals surface area contributed by atoms with Gasteiger partial charge in [-0.25, -0.2) is 22.4 Å². The van der Waals surface area contributed by atoms with Gasteiger partial charge in [0, 0.05) is 41.4 Å². The monoisotopic (exact) mass is 676 g/mol. The van der Waals surface area contributed by atoms with E-state index in [1.165, 1.54) is 18.2 Å². The third-order valence-corrected chi connectivity index (χ3v) is 6.68. The topological polar surface area (TPSA) is 151 Å². The summed E-state index contributed by atoms with van der Waals surface area (Å²) in [6.45, 7) is 0.669. The Morgan fingerprint density at radius 3 is 1.65 bits per heavy atom. The highest BCUT2D eigenvalue weighted by atomic mass is 19.2. The molecule has 260 valence electrons. The lowest BCUT2D eigenvalue weighted by atomic mass is 9.99. The Kier molecular flexibility index (Phi) is 15.6. The summed E-state index contributed by atoms with van der Waals surface area (Å²) >= 11 is 0. The first-order chi connectivity index (χ1) is 21.5. The second kappa shape index (κ2) is 18.3. The number of fused-ring (bicyclic) bond motifs is 2. The van der Waals surface area contributed by atoms with E-state index in [0.29, 0.717) is 48.7 Å². The van der Waals surface area contributed by atoms with Crippen LogP contribution in [-0.4, -0.2) is 40.4 Å². The summed E-state index contributed by atoms with van der Waals surface area (Å²) < 4.78 is 61.0. The molecule has 6 N–H and O–H groups in total. The number of anilines is 2.